The fourth-order valence-electron chi connectivity index (χ4n) is 7.76. The summed E-state index contributed by atoms with van der Waals surface area (Å²) in [6.45, 7) is 5.16. The van der Waals surface area contributed by atoms with Gasteiger partial charge in [0.05, 0.1) is 13.2 Å². The zero-order valence-electron chi connectivity index (χ0n) is 21.5. The van der Waals surface area contributed by atoms with Crippen LogP contribution in [0.2, 0.25) is 0 Å². The van der Waals surface area contributed by atoms with Gasteiger partial charge in [-0.05, 0) is 124 Å². The molecule has 4 fully saturated rings. The maximum Gasteiger partial charge on any atom is 0.224 e. The number of hydrogen-bond donors (Lipinski definition) is 2. The number of rotatable bonds is 10. The molecule has 4 saturated carbocycles. The quantitative estimate of drug-likeness (QED) is 0.402. The molecule has 0 aromatic heterocycles. The van der Waals surface area contributed by atoms with Gasteiger partial charge in [0.2, 0.25) is 11.8 Å². The Bertz CT molecular complexity index is 982. The number of anilines is 2. The molecule has 0 spiro atoms. The Hall–Kier alpha value is -3.02. The first kappa shape index (κ1) is 24.7. The minimum atomic E-state index is 0.0127. The van der Waals surface area contributed by atoms with Crippen LogP contribution in [0.15, 0.2) is 48.5 Å². The van der Waals surface area contributed by atoms with Gasteiger partial charge >= 0.3 is 0 Å². The lowest BCUT2D eigenvalue weighted by atomic mass is 9.43. The van der Waals surface area contributed by atoms with Crippen molar-refractivity contribution in [1.29, 1.82) is 0 Å². The van der Waals surface area contributed by atoms with E-state index in [9.17, 15) is 9.59 Å². The zero-order valence-corrected chi connectivity index (χ0v) is 21.5. The van der Waals surface area contributed by atoms with Crippen molar-refractivity contribution in [1.82, 2.24) is 0 Å². The number of ether oxygens (including phenoxy) is 2. The van der Waals surface area contributed by atoms with Gasteiger partial charge < -0.3 is 20.1 Å². The highest BCUT2D eigenvalue weighted by molar-refractivity contribution is 5.92. The van der Waals surface area contributed by atoms with E-state index in [0.29, 0.717) is 37.9 Å². The molecule has 192 valence electrons. The Labute approximate surface area is 214 Å². The van der Waals surface area contributed by atoms with E-state index < -0.39 is 0 Å². The lowest BCUT2D eigenvalue weighted by molar-refractivity contribution is -0.142. The van der Waals surface area contributed by atoms with Gasteiger partial charge in [-0.1, -0.05) is 0 Å². The van der Waals surface area contributed by atoms with Gasteiger partial charge in [0, 0.05) is 24.2 Å². The average Bonchev–Trinajstić information content (AvgIpc) is 2.80. The molecule has 2 amide bonds. The van der Waals surface area contributed by atoms with Crippen LogP contribution in [0.3, 0.4) is 0 Å². The second kappa shape index (κ2) is 10.2. The van der Waals surface area contributed by atoms with Crippen molar-refractivity contribution in [3.63, 3.8) is 0 Å². The van der Waals surface area contributed by atoms with Gasteiger partial charge in [-0.25, -0.2) is 0 Å². The largest absolute Gasteiger partial charge is 0.494 e. The van der Waals surface area contributed by atoms with Gasteiger partial charge in [-0.3, -0.25) is 9.59 Å². The van der Waals surface area contributed by atoms with Crippen LogP contribution in [0.1, 0.15) is 65.2 Å². The molecule has 6 heteroatoms. The van der Waals surface area contributed by atoms with Gasteiger partial charge in [-0.15, -0.1) is 0 Å². The van der Waals surface area contributed by atoms with Gasteiger partial charge in [0.25, 0.3) is 0 Å². The van der Waals surface area contributed by atoms with Crippen molar-refractivity contribution in [2.45, 2.75) is 65.2 Å². The highest BCUT2D eigenvalue weighted by Gasteiger charge is 2.58. The molecule has 2 aromatic carbocycles. The van der Waals surface area contributed by atoms with Crippen molar-refractivity contribution in [3.8, 4) is 11.5 Å². The third kappa shape index (κ3) is 5.53. The molecule has 2 aromatic rings. The van der Waals surface area contributed by atoms with E-state index in [-0.39, 0.29) is 22.6 Å². The van der Waals surface area contributed by atoms with Gasteiger partial charge in [0.1, 0.15) is 11.5 Å². The van der Waals surface area contributed by atoms with E-state index in [1.54, 1.807) is 0 Å². The van der Waals surface area contributed by atoms with Crippen molar-refractivity contribution < 1.29 is 19.1 Å². The first-order chi connectivity index (χ1) is 17.4. The van der Waals surface area contributed by atoms with Crippen LogP contribution in [0, 0.1) is 22.7 Å². The predicted octanol–water partition coefficient (Wildman–Crippen LogP) is 6.43. The molecule has 0 saturated heterocycles. The summed E-state index contributed by atoms with van der Waals surface area (Å²) in [5, 5.41) is 6.20. The normalized spacial score (nSPS) is 27.9. The Kier molecular flexibility index (Phi) is 6.96. The molecule has 0 atom stereocenters. The Morgan fingerprint density at radius 3 is 1.47 bits per heavy atom. The monoisotopic (exact) mass is 490 g/mol. The SMILES string of the molecule is CCOc1ccc(NC(=O)CC23CC4CC(C2)CC(CC(=O)Nc2ccc(OCC)cc2)(C4)C3)cc1. The lowest BCUT2D eigenvalue weighted by Crippen LogP contribution is -2.53. The van der Waals surface area contributed by atoms with E-state index in [2.05, 4.69) is 10.6 Å². The van der Waals surface area contributed by atoms with Crippen LogP contribution < -0.4 is 20.1 Å². The average molecular weight is 491 g/mol. The molecule has 4 bridgehead atoms. The molecule has 6 nitrogen and oxygen atoms in total. The molecule has 36 heavy (non-hydrogen) atoms. The fourth-order valence-corrected chi connectivity index (χ4v) is 7.76. The zero-order chi connectivity index (χ0) is 25.2. The van der Waals surface area contributed by atoms with Crippen LogP contribution in [-0.2, 0) is 9.59 Å². The van der Waals surface area contributed by atoms with Crippen LogP contribution in [0.5, 0.6) is 11.5 Å². The lowest BCUT2D eigenvalue weighted by Gasteiger charge is -2.62. The number of carbonyl (C=O) groups excluding carboxylic acids is 2. The molecule has 0 aliphatic heterocycles. The smallest absolute Gasteiger partial charge is 0.224 e. The molecule has 4 aliphatic carbocycles. The summed E-state index contributed by atoms with van der Waals surface area (Å²) in [5.41, 5.74) is 1.63. The molecule has 0 unspecified atom stereocenters. The van der Waals surface area contributed by atoms with Gasteiger partial charge in [0.15, 0.2) is 0 Å². The summed E-state index contributed by atoms with van der Waals surface area (Å²) in [5.74, 6) is 3.03. The van der Waals surface area contributed by atoms with Crippen LogP contribution in [0.25, 0.3) is 0 Å². The topological polar surface area (TPSA) is 76.7 Å². The summed E-state index contributed by atoms with van der Waals surface area (Å²) in [6.07, 6.45) is 7.76. The maximum absolute atomic E-state index is 13.1. The predicted molar refractivity (Wildman–Crippen MR) is 141 cm³/mol. The number of amides is 2. The summed E-state index contributed by atoms with van der Waals surface area (Å²) < 4.78 is 11.0. The first-order valence-corrected chi connectivity index (χ1v) is 13.4. The molecule has 0 heterocycles. The second-order valence-electron chi connectivity index (χ2n) is 11.3. The molecule has 4 aliphatic rings. The third-order valence-electron chi connectivity index (χ3n) is 8.27. The van der Waals surface area contributed by atoms with Crippen LogP contribution in [0.4, 0.5) is 11.4 Å². The molecular formula is C30H38N2O4. The Balaban J connectivity index is 1.22. The van der Waals surface area contributed by atoms with Crippen LogP contribution >= 0.6 is 0 Å². The van der Waals surface area contributed by atoms with E-state index in [1.807, 2.05) is 62.4 Å². The minimum absolute atomic E-state index is 0.0127. The van der Waals surface area contributed by atoms with E-state index >= 15 is 0 Å². The number of nitrogens with one attached hydrogen (secondary N) is 2. The van der Waals surface area contributed by atoms with E-state index in [4.69, 9.17) is 9.47 Å². The standard InChI is InChI=1S/C30H38N2O4/c1-3-35-25-9-5-23(6-10-25)31-27(33)18-29-14-21-13-22(15-29)17-30(16-21,20-29)19-28(34)32-24-7-11-26(12-8-24)36-4-2/h5-12,21-22H,3-4,13-20H2,1-2H3,(H,31,33)(H,32,34). The van der Waals surface area contributed by atoms with Crippen molar-refractivity contribution in [2.75, 3.05) is 23.8 Å². The Morgan fingerprint density at radius 2 is 1.11 bits per heavy atom. The number of hydrogen-bond acceptors (Lipinski definition) is 4. The van der Waals surface area contributed by atoms with Crippen molar-refractivity contribution in [2.24, 2.45) is 22.7 Å². The fraction of sp³-hybridized carbons (Fsp3) is 0.533. The first-order valence-electron chi connectivity index (χ1n) is 13.4. The molecule has 2 N–H and O–H groups in total. The highest BCUT2D eigenvalue weighted by atomic mass is 16.5. The van der Waals surface area contributed by atoms with Crippen LogP contribution in [-0.4, -0.2) is 25.0 Å². The maximum atomic E-state index is 13.1. The van der Waals surface area contributed by atoms with E-state index in [1.165, 1.54) is 6.42 Å². The number of benzene rings is 2. The molecule has 0 radical (unpaired) electrons. The van der Waals surface area contributed by atoms with Crippen molar-refractivity contribution >= 4 is 23.2 Å². The summed E-state index contributed by atoms with van der Waals surface area (Å²) >= 11 is 0. The third-order valence-corrected chi connectivity index (χ3v) is 8.27. The second-order valence-corrected chi connectivity index (χ2v) is 11.3. The number of carbonyl (C=O) groups is 2. The van der Waals surface area contributed by atoms with Crippen molar-refractivity contribution in [3.05, 3.63) is 48.5 Å². The summed E-state index contributed by atoms with van der Waals surface area (Å²) in [6, 6.07) is 15.2. The molecule has 6 rings (SSSR count). The minimum Gasteiger partial charge on any atom is -0.494 e. The van der Waals surface area contributed by atoms with E-state index in [0.717, 1.165) is 55.0 Å². The highest BCUT2D eigenvalue weighted by Crippen LogP contribution is 2.67. The summed E-state index contributed by atoms with van der Waals surface area (Å²) in [4.78, 5) is 26.2. The van der Waals surface area contributed by atoms with Gasteiger partial charge in [-0.2, -0.15) is 0 Å². The Morgan fingerprint density at radius 1 is 0.722 bits per heavy atom. The summed E-state index contributed by atoms with van der Waals surface area (Å²) in [7, 11) is 0. The molecular weight excluding hydrogens is 452 g/mol.